The van der Waals surface area contributed by atoms with E-state index in [2.05, 4.69) is 32.6 Å². The van der Waals surface area contributed by atoms with Crippen LogP contribution in [-0.2, 0) is 6.54 Å². The van der Waals surface area contributed by atoms with Crippen molar-refractivity contribution in [2.45, 2.75) is 13.5 Å². The normalized spacial score (nSPS) is 12.7. The molecular weight excluding hydrogens is 348 g/mol. The molecule has 0 spiro atoms. The Balaban J connectivity index is 1.46. The predicted molar refractivity (Wildman–Crippen MR) is 111 cm³/mol. The van der Waals surface area contributed by atoms with Gasteiger partial charge < -0.3 is 5.32 Å². The quantitative estimate of drug-likeness (QED) is 0.561. The van der Waals surface area contributed by atoms with Crippen molar-refractivity contribution < 1.29 is 4.79 Å². The Morgan fingerprint density at radius 3 is 2.79 bits per heavy atom. The maximum Gasteiger partial charge on any atom is 0.255 e. The number of amides is 1. The Kier molecular flexibility index (Phi) is 3.79. The molecule has 5 nitrogen and oxygen atoms in total. The second kappa shape index (κ2) is 6.46. The monoisotopic (exact) mass is 366 g/mol. The minimum atomic E-state index is -0.128. The van der Waals surface area contributed by atoms with Gasteiger partial charge in [0.05, 0.1) is 24.0 Å². The van der Waals surface area contributed by atoms with Crippen molar-refractivity contribution in [2.75, 3.05) is 5.32 Å². The molecule has 1 aromatic heterocycles. The number of rotatable bonds is 3. The zero-order valence-electron chi connectivity index (χ0n) is 15.4. The summed E-state index contributed by atoms with van der Waals surface area (Å²) in [6, 6.07) is 19.9. The molecule has 0 atom stereocenters. The van der Waals surface area contributed by atoms with E-state index >= 15 is 0 Å². The van der Waals surface area contributed by atoms with E-state index in [1.807, 2.05) is 55.5 Å². The fraction of sp³-hybridized carbons (Fsp3) is 0.0870. The topological polar surface area (TPSA) is 70.1 Å². The van der Waals surface area contributed by atoms with Gasteiger partial charge in [0.1, 0.15) is 0 Å². The summed E-state index contributed by atoms with van der Waals surface area (Å²) in [6.45, 7) is 2.60. The molecule has 0 saturated carbocycles. The number of nitrogens with one attached hydrogen (secondary N) is 2. The number of anilines is 1. The van der Waals surface area contributed by atoms with E-state index in [9.17, 15) is 4.79 Å². The van der Waals surface area contributed by atoms with Gasteiger partial charge in [-0.05, 0) is 42.3 Å². The third-order valence-electron chi connectivity index (χ3n) is 5.11. The van der Waals surface area contributed by atoms with Crippen LogP contribution in [0.15, 0.2) is 71.9 Å². The van der Waals surface area contributed by atoms with Crippen LogP contribution < -0.4 is 5.32 Å². The van der Waals surface area contributed by atoms with Gasteiger partial charge in [-0.3, -0.25) is 14.9 Å². The van der Waals surface area contributed by atoms with E-state index < -0.39 is 0 Å². The lowest BCUT2D eigenvalue weighted by Crippen LogP contribution is -2.14. The van der Waals surface area contributed by atoms with Crippen LogP contribution in [0.4, 0.5) is 5.69 Å². The molecule has 0 fully saturated rings. The number of aromatic nitrogens is 2. The van der Waals surface area contributed by atoms with Crippen molar-refractivity contribution in [3.63, 3.8) is 0 Å². The van der Waals surface area contributed by atoms with Gasteiger partial charge in [0.2, 0.25) is 0 Å². The molecule has 1 amide bonds. The highest BCUT2D eigenvalue weighted by molar-refractivity contribution is 6.16. The van der Waals surface area contributed by atoms with Gasteiger partial charge in [0, 0.05) is 27.8 Å². The minimum absolute atomic E-state index is 0.128. The van der Waals surface area contributed by atoms with Crippen LogP contribution in [0.3, 0.4) is 0 Å². The molecular formula is C23H18N4O. The molecule has 28 heavy (non-hydrogen) atoms. The number of hydrogen-bond acceptors (Lipinski definition) is 3. The van der Waals surface area contributed by atoms with Crippen molar-refractivity contribution >= 4 is 28.2 Å². The Morgan fingerprint density at radius 1 is 1.07 bits per heavy atom. The average Bonchev–Trinajstić information content (AvgIpc) is 3.34. The lowest BCUT2D eigenvalue weighted by molar-refractivity contribution is 0.102. The summed E-state index contributed by atoms with van der Waals surface area (Å²) in [4.78, 5) is 17.6. The molecule has 0 unspecified atom stereocenters. The molecule has 5 heteroatoms. The second-order valence-corrected chi connectivity index (χ2v) is 6.98. The minimum Gasteiger partial charge on any atom is -0.322 e. The molecule has 0 bridgehead atoms. The predicted octanol–water partition coefficient (Wildman–Crippen LogP) is 4.47. The Morgan fingerprint density at radius 2 is 1.93 bits per heavy atom. The largest absolute Gasteiger partial charge is 0.322 e. The fourth-order valence-corrected chi connectivity index (χ4v) is 3.65. The molecule has 3 aromatic carbocycles. The maximum atomic E-state index is 12.9. The number of aryl methyl sites for hydroxylation is 1. The first-order chi connectivity index (χ1) is 13.7. The lowest BCUT2D eigenvalue weighted by atomic mass is 9.99. The van der Waals surface area contributed by atoms with E-state index in [0.717, 1.165) is 39.0 Å². The summed E-state index contributed by atoms with van der Waals surface area (Å²) in [7, 11) is 0. The van der Waals surface area contributed by atoms with E-state index in [0.29, 0.717) is 12.1 Å². The zero-order chi connectivity index (χ0) is 19.1. The lowest BCUT2D eigenvalue weighted by Gasteiger charge is -2.11. The van der Waals surface area contributed by atoms with Crippen LogP contribution in [0, 0.1) is 6.92 Å². The molecule has 4 aromatic rings. The van der Waals surface area contributed by atoms with Gasteiger partial charge in [0.25, 0.3) is 5.91 Å². The molecule has 5 rings (SSSR count). The Bertz CT molecular complexity index is 1240. The van der Waals surface area contributed by atoms with Gasteiger partial charge >= 0.3 is 0 Å². The molecule has 1 aliphatic rings. The summed E-state index contributed by atoms with van der Waals surface area (Å²) in [6.07, 6.45) is 1.73. The zero-order valence-corrected chi connectivity index (χ0v) is 15.4. The summed E-state index contributed by atoms with van der Waals surface area (Å²) < 4.78 is 0. The number of H-pyrrole nitrogens is 1. The van der Waals surface area contributed by atoms with Crippen molar-refractivity contribution in [2.24, 2.45) is 4.99 Å². The number of hydrogen-bond donors (Lipinski definition) is 2. The standard InChI is InChI=1S/C23H18N4O/c1-14-9-21-17(13-25-27-21)10-19(14)23(28)26-18-8-7-16-12-24-22(20(16)11-18)15-5-3-2-4-6-15/h2-11,13H,12H2,1H3,(H,25,27)(H,26,28). The van der Waals surface area contributed by atoms with E-state index in [1.165, 1.54) is 5.56 Å². The average molecular weight is 366 g/mol. The van der Waals surface area contributed by atoms with Gasteiger partial charge in [-0.2, -0.15) is 5.10 Å². The van der Waals surface area contributed by atoms with Crippen molar-refractivity contribution in [3.05, 3.63) is 94.7 Å². The van der Waals surface area contributed by atoms with Crippen molar-refractivity contribution in [1.82, 2.24) is 10.2 Å². The van der Waals surface area contributed by atoms with E-state index in [-0.39, 0.29) is 5.91 Å². The van der Waals surface area contributed by atoms with Gasteiger partial charge in [-0.25, -0.2) is 0 Å². The first kappa shape index (κ1) is 16.4. The van der Waals surface area contributed by atoms with Gasteiger partial charge in [-0.15, -0.1) is 0 Å². The smallest absolute Gasteiger partial charge is 0.255 e. The number of carbonyl (C=O) groups excluding carboxylic acids is 1. The highest BCUT2D eigenvalue weighted by atomic mass is 16.1. The number of benzene rings is 3. The Hall–Kier alpha value is -3.73. The van der Waals surface area contributed by atoms with Crippen molar-refractivity contribution in [1.29, 1.82) is 0 Å². The first-order valence-corrected chi connectivity index (χ1v) is 9.17. The molecule has 1 aliphatic heterocycles. The number of nitrogens with zero attached hydrogens (tertiary/aromatic N) is 2. The third kappa shape index (κ3) is 2.77. The Labute approximate surface area is 162 Å². The number of carbonyl (C=O) groups is 1. The van der Waals surface area contributed by atoms with Crippen LogP contribution in [0.25, 0.3) is 10.9 Å². The third-order valence-corrected chi connectivity index (χ3v) is 5.11. The summed E-state index contributed by atoms with van der Waals surface area (Å²) in [5, 5.41) is 10.9. The SMILES string of the molecule is Cc1cc2[nH]ncc2cc1C(=O)Nc1ccc2c(c1)C(c1ccccc1)=NC2. The van der Waals surface area contributed by atoms with E-state index in [1.54, 1.807) is 6.20 Å². The summed E-state index contributed by atoms with van der Waals surface area (Å²) >= 11 is 0. The molecule has 0 saturated heterocycles. The van der Waals surface area contributed by atoms with Crippen LogP contribution >= 0.6 is 0 Å². The molecule has 0 radical (unpaired) electrons. The molecule has 2 N–H and O–H groups in total. The second-order valence-electron chi connectivity index (χ2n) is 6.98. The molecule has 2 heterocycles. The molecule has 136 valence electrons. The number of aromatic amines is 1. The number of fused-ring (bicyclic) bond motifs is 2. The van der Waals surface area contributed by atoms with Gasteiger partial charge in [0.15, 0.2) is 0 Å². The van der Waals surface area contributed by atoms with Crippen LogP contribution in [0.1, 0.15) is 32.6 Å². The highest BCUT2D eigenvalue weighted by Gasteiger charge is 2.19. The summed E-state index contributed by atoms with van der Waals surface area (Å²) in [5.41, 5.74) is 7.55. The van der Waals surface area contributed by atoms with Crippen LogP contribution in [0.5, 0.6) is 0 Å². The molecule has 0 aliphatic carbocycles. The summed E-state index contributed by atoms with van der Waals surface area (Å²) in [5.74, 6) is -0.128. The van der Waals surface area contributed by atoms with Crippen LogP contribution in [-0.4, -0.2) is 21.8 Å². The maximum absolute atomic E-state index is 12.9. The number of aliphatic imine (C=N–C) groups is 1. The van der Waals surface area contributed by atoms with Crippen molar-refractivity contribution in [3.8, 4) is 0 Å². The van der Waals surface area contributed by atoms with Crippen LogP contribution in [0.2, 0.25) is 0 Å². The highest BCUT2D eigenvalue weighted by Crippen LogP contribution is 2.27. The first-order valence-electron chi connectivity index (χ1n) is 9.17. The van der Waals surface area contributed by atoms with Gasteiger partial charge in [-0.1, -0.05) is 36.4 Å². The van der Waals surface area contributed by atoms with E-state index in [4.69, 9.17) is 0 Å². The fourth-order valence-electron chi connectivity index (χ4n) is 3.65.